The Hall–Kier alpha value is -3.48. The Morgan fingerprint density at radius 1 is 1.19 bits per heavy atom. The Balaban J connectivity index is 1.36. The molecule has 0 amide bonds. The fourth-order valence-corrected chi connectivity index (χ4v) is 6.27. The maximum atomic E-state index is 13.2. The summed E-state index contributed by atoms with van der Waals surface area (Å²) in [6.45, 7) is 3.00. The summed E-state index contributed by atoms with van der Waals surface area (Å²) in [6.07, 6.45) is 6.24. The molecule has 2 aromatic heterocycles. The lowest BCUT2D eigenvalue weighted by Crippen LogP contribution is -2.34. The molecule has 1 fully saturated rings. The normalized spacial score (nSPS) is 19.4. The SMILES string of the molecule is C[C@@H]1CC(Cn2ncc3cc(-c4cn[nH]c4)ccc32)CN1S(=O)(=O)c1cccc(C#N)c1. The van der Waals surface area contributed by atoms with Gasteiger partial charge < -0.3 is 0 Å². The molecular formula is C23H22N6O2S. The third-order valence-corrected chi connectivity index (χ3v) is 8.05. The second-order valence-corrected chi connectivity index (χ2v) is 10.1. The molecule has 162 valence electrons. The number of sulfonamides is 1. The molecule has 2 aromatic carbocycles. The van der Waals surface area contributed by atoms with Crippen molar-refractivity contribution in [2.75, 3.05) is 6.54 Å². The summed E-state index contributed by atoms with van der Waals surface area (Å²) in [5.74, 6) is 0.149. The zero-order valence-electron chi connectivity index (χ0n) is 17.5. The number of nitriles is 1. The predicted molar refractivity (Wildman–Crippen MR) is 120 cm³/mol. The Morgan fingerprint density at radius 2 is 2.06 bits per heavy atom. The molecule has 9 heteroatoms. The van der Waals surface area contributed by atoms with Gasteiger partial charge in [-0.05, 0) is 55.2 Å². The van der Waals surface area contributed by atoms with Crippen molar-refractivity contribution in [3.05, 3.63) is 66.6 Å². The van der Waals surface area contributed by atoms with Gasteiger partial charge in [0, 0.05) is 36.3 Å². The minimum absolute atomic E-state index is 0.120. The average molecular weight is 447 g/mol. The van der Waals surface area contributed by atoms with E-state index in [9.17, 15) is 8.42 Å². The number of hydrogen-bond acceptors (Lipinski definition) is 5. The van der Waals surface area contributed by atoms with E-state index in [1.165, 1.54) is 6.07 Å². The lowest BCUT2D eigenvalue weighted by molar-refractivity contribution is 0.396. The van der Waals surface area contributed by atoms with E-state index in [4.69, 9.17) is 5.26 Å². The number of nitrogens with zero attached hydrogens (tertiary/aromatic N) is 5. The highest BCUT2D eigenvalue weighted by atomic mass is 32.2. The Morgan fingerprint density at radius 3 is 2.84 bits per heavy atom. The molecule has 1 unspecified atom stereocenters. The smallest absolute Gasteiger partial charge is 0.243 e. The van der Waals surface area contributed by atoms with E-state index in [2.05, 4.69) is 21.4 Å². The first kappa shape index (κ1) is 20.4. The summed E-state index contributed by atoms with van der Waals surface area (Å²) >= 11 is 0. The van der Waals surface area contributed by atoms with Crippen LogP contribution in [0.4, 0.5) is 0 Å². The van der Waals surface area contributed by atoms with Crippen LogP contribution in [0.15, 0.2) is 66.0 Å². The topological polar surface area (TPSA) is 108 Å². The van der Waals surface area contributed by atoms with Crippen molar-refractivity contribution in [2.45, 2.75) is 30.8 Å². The first-order chi connectivity index (χ1) is 15.5. The van der Waals surface area contributed by atoms with Crippen molar-refractivity contribution in [3.63, 3.8) is 0 Å². The molecule has 1 aliphatic rings. The molecule has 4 aromatic rings. The summed E-state index contributed by atoms with van der Waals surface area (Å²) in [5.41, 5.74) is 3.45. The molecule has 5 rings (SSSR count). The van der Waals surface area contributed by atoms with Gasteiger partial charge in [-0.15, -0.1) is 0 Å². The third-order valence-electron chi connectivity index (χ3n) is 6.08. The fourth-order valence-electron chi connectivity index (χ4n) is 4.50. The van der Waals surface area contributed by atoms with Crippen LogP contribution in [0.1, 0.15) is 18.9 Å². The summed E-state index contributed by atoms with van der Waals surface area (Å²) in [4.78, 5) is 0.167. The van der Waals surface area contributed by atoms with Gasteiger partial charge in [-0.2, -0.15) is 19.8 Å². The summed E-state index contributed by atoms with van der Waals surface area (Å²) in [6, 6.07) is 14.3. The highest BCUT2D eigenvalue weighted by molar-refractivity contribution is 7.89. The molecule has 1 aliphatic heterocycles. The number of benzene rings is 2. The van der Waals surface area contributed by atoms with Crippen molar-refractivity contribution in [2.24, 2.45) is 5.92 Å². The van der Waals surface area contributed by atoms with Crippen LogP contribution in [0.3, 0.4) is 0 Å². The molecule has 0 saturated carbocycles. The van der Waals surface area contributed by atoms with Crippen molar-refractivity contribution >= 4 is 20.9 Å². The zero-order valence-corrected chi connectivity index (χ0v) is 18.3. The highest BCUT2D eigenvalue weighted by Gasteiger charge is 2.38. The zero-order chi connectivity index (χ0) is 22.3. The van der Waals surface area contributed by atoms with Gasteiger partial charge in [0.2, 0.25) is 10.0 Å². The molecule has 1 N–H and O–H groups in total. The van der Waals surface area contributed by atoms with Gasteiger partial charge in [0.15, 0.2) is 0 Å². The lowest BCUT2D eigenvalue weighted by atomic mass is 10.1. The summed E-state index contributed by atoms with van der Waals surface area (Å²) < 4.78 is 29.9. The number of H-pyrrole nitrogens is 1. The van der Waals surface area contributed by atoms with Gasteiger partial charge in [-0.1, -0.05) is 12.1 Å². The predicted octanol–water partition coefficient (Wildman–Crippen LogP) is 3.40. The molecule has 32 heavy (non-hydrogen) atoms. The highest BCUT2D eigenvalue weighted by Crippen LogP contribution is 2.31. The second kappa shape index (κ2) is 7.89. The van der Waals surface area contributed by atoms with Crippen LogP contribution < -0.4 is 0 Å². The molecule has 1 saturated heterocycles. The summed E-state index contributed by atoms with van der Waals surface area (Å²) in [7, 11) is -3.66. The molecule has 0 spiro atoms. The molecule has 8 nitrogen and oxygen atoms in total. The molecule has 0 radical (unpaired) electrons. The van der Waals surface area contributed by atoms with Crippen LogP contribution >= 0.6 is 0 Å². The van der Waals surface area contributed by atoms with E-state index in [0.717, 1.165) is 28.5 Å². The van der Waals surface area contributed by atoms with Crippen LogP contribution in [0, 0.1) is 17.2 Å². The number of hydrogen-bond donors (Lipinski definition) is 1. The molecule has 2 atom stereocenters. The largest absolute Gasteiger partial charge is 0.285 e. The van der Waals surface area contributed by atoms with Crippen molar-refractivity contribution in [1.82, 2.24) is 24.3 Å². The second-order valence-electron chi connectivity index (χ2n) is 8.25. The Bertz CT molecular complexity index is 1420. The van der Waals surface area contributed by atoms with Gasteiger partial charge in [0.1, 0.15) is 0 Å². The molecule has 0 aliphatic carbocycles. The van der Waals surface area contributed by atoms with Crippen LogP contribution in [-0.4, -0.2) is 45.3 Å². The average Bonchev–Trinajstić information content (AvgIpc) is 3.54. The van der Waals surface area contributed by atoms with Gasteiger partial charge in [0.25, 0.3) is 0 Å². The first-order valence-corrected chi connectivity index (χ1v) is 11.9. The molecule has 0 bridgehead atoms. The van der Waals surface area contributed by atoms with Crippen LogP contribution in [0.25, 0.3) is 22.0 Å². The Kier molecular flexibility index (Phi) is 5.04. The quantitative estimate of drug-likeness (QED) is 0.506. The van der Waals surface area contributed by atoms with Gasteiger partial charge in [-0.3, -0.25) is 9.78 Å². The van der Waals surface area contributed by atoms with Crippen molar-refractivity contribution < 1.29 is 8.42 Å². The number of fused-ring (bicyclic) bond motifs is 1. The Labute approximate surface area is 186 Å². The minimum Gasteiger partial charge on any atom is -0.285 e. The number of nitrogens with one attached hydrogen (secondary N) is 1. The fraction of sp³-hybridized carbons (Fsp3) is 0.261. The van der Waals surface area contributed by atoms with E-state index in [1.54, 1.807) is 28.7 Å². The van der Waals surface area contributed by atoms with E-state index in [-0.39, 0.29) is 16.9 Å². The minimum atomic E-state index is -3.66. The van der Waals surface area contributed by atoms with E-state index in [0.29, 0.717) is 18.7 Å². The molecule has 3 heterocycles. The van der Waals surface area contributed by atoms with Crippen molar-refractivity contribution in [3.8, 4) is 17.2 Å². The standard InChI is InChI=1S/C23H22N6O2S/c1-16-7-18(15-29(16)32(30,31)22-4-2-3-17(8-22)10-24)14-28-23-6-5-19(9-20(23)13-27-28)21-11-25-26-12-21/h2-6,8-9,11-13,16,18H,7,14-15H2,1H3,(H,25,26)/t16-,18?/m1/s1. The number of aromatic amines is 1. The third kappa shape index (κ3) is 3.57. The first-order valence-electron chi connectivity index (χ1n) is 10.4. The maximum Gasteiger partial charge on any atom is 0.243 e. The lowest BCUT2D eigenvalue weighted by Gasteiger charge is -2.21. The van der Waals surface area contributed by atoms with Crippen LogP contribution in [0.2, 0.25) is 0 Å². The van der Waals surface area contributed by atoms with Gasteiger partial charge >= 0.3 is 0 Å². The number of aromatic nitrogens is 4. The van der Waals surface area contributed by atoms with Gasteiger partial charge in [0.05, 0.1) is 34.4 Å². The van der Waals surface area contributed by atoms with Crippen LogP contribution in [0.5, 0.6) is 0 Å². The molecular weight excluding hydrogens is 424 g/mol. The summed E-state index contributed by atoms with van der Waals surface area (Å²) in [5, 5.41) is 21.5. The van der Waals surface area contributed by atoms with E-state index >= 15 is 0 Å². The van der Waals surface area contributed by atoms with Crippen molar-refractivity contribution in [1.29, 1.82) is 5.26 Å². The monoisotopic (exact) mass is 446 g/mol. The van der Waals surface area contributed by atoms with Crippen LogP contribution in [-0.2, 0) is 16.6 Å². The number of rotatable bonds is 5. The van der Waals surface area contributed by atoms with Gasteiger partial charge in [-0.25, -0.2) is 8.42 Å². The maximum absolute atomic E-state index is 13.2. The van der Waals surface area contributed by atoms with E-state index < -0.39 is 10.0 Å². The van der Waals surface area contributed by atoms with E-state index in [1.807, 2.05) is 42.2 Å².